The zero-order valence-corrected chi connectivity index (χ0v) is 13.5. The smallest absolute Gasteiger partial charge is 0.219 e. The Morgan fingerprint density at radius 3 is 2.52 bits per heavy atom. The fraction of sp³-hybridized carbons (Fsp3) is 0.625. The van der Waals surface area contributed by atoms with Crippen LogP contribution in [0, 0.1) is 0 Å². The van der Waals surface area contributed by atoms with Gasteiger partial charge in [-0.1, -0.05) is 6.07 Å². The summed E-state index contributed by atoms with van der Waals surface area (Å²) >= 11 is 0. The van der Waals surface area contributed by atoms with E-state index in [0.717, 1.165) is 38.5 Å². The van der Waals surface area contributed by atoms with E-state index >= 15 is 0 Å². The van der Waals surface area contributed by atoms with Crippen LogP contribution in [-0.2, 0) is 11.3 Å². The molecule has 1 N–H and O–H groups in total. The maximum atomic E-state index is 11.4. The Bertz CT molecular complexity index is 487. The molecule has 2 heterocycles. The summed E-state index contributed by atoms with van der Waals surface area (Å²) in [5.74, 6) is 1.20. The third-order valence-corrected chi connectivity index (χ3v) is 3.70. The molecule has 0 radical (unpaired) electrons. The largest absolute Gasteiger partial charge is 0.353 e. The average molecular weight is 290 g/mol. The predicted octanol–water partition coefficient (Wildman–Crippen LogP) is 1.64. The highest BCUT2D eigenvalue weighted by molar-refractivity contribution is 5.73. The highest BCUT2D eigenvalue weighted by Gasteiger charge is 2.21. The second-order valence-electron chi connectivity index (χ2n) is 6.58. The Hall–Kier alpha value is -1.62. The van der Waals surface area contributed by atoms with Gasteiger partial charge in [-0.25, -0.2) is 4.98 Å². The van der Waals surface area contributed by atoms with Crippen LogP contribution in [0.1, 0.15) is 33.3 Å². The fourth-order valence-electron chi connectivity index (χ4n) is 2.45. The summed E-state index contributed by atoms with van der Waals surface area (Å²) in [6.45, 7) is 12.2. The molecule has 0 spiro atoms. The number of amides is 1. The predicted molar refractivity (Wildman–Crippen MR) is 85.3 cm³/mol. The van der Waals surface area contributed by atoms with Gasteiger partial charge in [-0.05, 0) is 26.8 Å². The summed E-state index contributed by atoms with van der Waals surface area (Å²) in [5, 5.41) is 3.51. The van der Waals surface area contributed by atoms with Crippen molar-refractivity contribution in [3.05, 3.63) is 23.9 Å². The molecule has 1 aliphatic heterocycles. The van der Waals surface area contributed by atoms with Crippen LogP contribution in [0.2, 0.25) is 0 Å². The van der Waals surface area contributed by atoms with Gasteiger partial charge in [0.15, 0.2) is 0 Å². The van der Waals surface area contributed by atoms with Crippen molar-refractivity contribution >= 4 is 11.7 Å². The van der Waals surface area contributed by atoms with Crippen LogP contribution in [0.15, 0.2) is 18.3 Å². The number of carbonyl (C=O) groups is 1. The number of rotatable bonds is 3. The van der Waals surface area contributed by atoms with Crippen LogP contribution in [-0.4, -0.2) is 47.5 Å². The quantitative estimate of drug-likeness (QED) is 0.919. The Morgan fingerprint density at radius 2 is 1.95 bits per heavy atom. The molecule has 2 rings (SSSR count). The highest BCUT2D eigenvalue weighted by Crippen LogP contribution is 2.19. The van der Waals surface area contributed by atoms with Gasteiger partial charge < -0.3 is 15.1 Å². The van der Waals surface area contributed by atoms with Gasteiger partial charge in [0.1, 0.15) is 5.82 Å². The van der Waals surface area contributed by atoms with Crippen molar-refractivity contribution in [2.45, 2.75) is 39.8 Å². The Morgan fingerprint density at radius 1 is 1.29 bits per heavy atom. The molecule has 0 aromatic carbocycles. The zero-order valence-electron chi connectivity index (χ0n) is 13.5. The Labute approximate surface area is 127 Å². The molecule has 0 bridgehead atoms. The zero-order chi connectivity index (χ0) is 15.5. The minimum Gasteiger partial charge on any atom is -0.353 e. The van der Waals surface area contributed by atoms with Crippen molar-refractivity contribution in [2.24, 2.45) is 0 Å². The summed E-state index contributed by atoms with van der Waals surface area (Å²) in [4.78, 5) is 20.1. The van der Waals surface area contributed by atoms with E-state index in [1.807, 2.05) is 17.2 Å². The summed E-state index contributed by atoms with van der Waals surface area (Å²) in [5.41, 5.74) is 1.30. The number of aromatic nitrogens is 1. The minimum absolute atomic E-state index is 0.0838. The van der Waals surface area contributed by atoms with E-state index in [2.05, 4.69) is 42.0 Å². The average Bonchev–Trinajstić information content (AvgIpc) is 2.45. The van der Waals surface area contributed by atoms with Gasteiger partial charge in [0.2, 0.25) is 5.91 Å². The number of nitrogens with one attached hydrogen (secondary N) is 1. The molecule has 1 amide bonds. The van der Waals surface area contributed by atoms with Crippen LogP contribution in [0.5, 0.6) is 0 Å². The molecule has 1 aliphatic rings. The third-order valence-electron chi connectivity index (χ3n) is 3.70. The van der Waals surface area contributed by atoms with Crippen LogP contribution in [0.25, 0.3) is 0 Å². The van der Waals surface area contributed by atoms with Crippen molar-refractivity contribution in [2.75, 3.05) is 31.1 Å². The van der Waals surface area contributed by atoms with Crippen LogP contribution in [0.4, 0.5) is 5.82 Å². The first-order valence-corrected chi connectivity index (χ1v) is 7.56. The van der Waals surface area contributed by atoms with Crippen LogP contribution < -0.4 is 10.2 Å². The van der Waals surface area contributed by atoms with Gasteiger partial charge in [-0.3, -0.25) is 4.79 Å². The van der Waals surface area contributed by atoms with E-state index in [4.69, 9.17) is 0 Å². The van der Waals surface area contributed by atoms with Crippen LogP contribution >= 0.6 is 0 Å². The Balaban J connectivity index is 2.05. The number of pyridine rings is 1. The van der Waals surface area contributed by atoms with Crippen LogP contribution in [0.3, 0.4) is 0 Å². The second-order valence-corrected chi connectivity index (χ2v) is 6.58. The van der Waals surface area contributed by atoms with Crippen molar-refractivity contribution in [3.63, 3.8) is 0 Å². The first-order valence-electron chi connectivity index (χ1n) is 7.56. The third kappa shape index (κ3) is 4.43. The fourth-order valence-corrected chi connectivity index (χ4v) is 2.45. The number of piperazine rings is 1. The number of carbonyl (C=O) groups excluding carboxylic acids is 1. The molecule has 1 saturated heterocycles. The summed E-state index contributed by atoms with van der Waals surface area (Å²) in [6.07, 6.45) is 1.84. The number of anilines is 1. The highest BCUT2D eigenvalue weighted by atomic mass is 16.2. The van der Waals surface area contributed by atoms with E-state index in [1.54, 1.807) is 6.92 Å². The second kappa shape index (κ2) is 6.43. The lowest BCUT2D eigenvalue weighted by Crippen LogP contribution is -2.48. The molecule has 1 fully saturated rings. The lowest BCUT2D eigenvalue weighted by Gasteiger charge is -2.36. The lowest BCUT2D eigenvalue weighted by atomic mass is 10.1. The molecule has 1 aromatic rings. The van der Waals surface area contributed by atoms with Crippen molar-refractivity contribution < 1.29 is 4.79 Å². The number of hydrogen-bond acceptors (Lipinski definition) is 4. The minimum atomic E-state index is 0.0838. The summed E-state index contributed by atoms with van der Waals surface area (Å²) in [6, 6.07) is 4.10. The summed E-state index contributed by atoms with van der Waals surface area (Å²) in [7, 11) is 0. The molecule has 5 heteroatoms. The van der Waals surface area contributed by atoms with E-state index in [0.29, 0.717) is 0 Å². The van der Waals surface area contributed by atoms with Crippen molar-refractivity contribution in [1.29, 1.82) is 0 Å². The van der Waals surface area contributed by atoms with Gasteiger partial charge in [-0.2, -0.15) is 0 Å². The maximum Gasteiger partial charge on any atom is 0.219 e. The topological polar surface area (TPSA) is 48.5 Å². The number of hydrogen-bond donors (Lipinski definition) is 1. The molecule has 0 saturated carbocycles. The standard InChI is InChI=1S/C16H26N4O/c1-13(21)19-8-10-20(11-9-19)15-14(6-5-7-17-15)12-18-16(2,3)4/h5-7,18H,8-12H2,1-4H3. The van der Waals surface area contributed by atoms with Gasteiger partial charge in [0.05, 0.1) is 0 Å². The number of nitrogens with zero attached hydrogens (tertiary/aromatic N) is 3. The van der Waals surface area contributed by atoms with Gasteiger partial charge in [0, 0.05) is 56.9 Å². The molecular weight excluding hydrogens is 264 g/mol. The molecule has 0 atom stereocenters. The Kier molecular flexibility index (Phi) is 4.83. The molecule has 1 aromatic heterocycles. The van der Waals surface area contributed by atoms with Gasteiger partial charge in [0.25, 0.3) is 0 Å². The molecular formula is C16H26N4O. The van der Waals surface area contributed by atoms with E-state index in [1.165, 1.54) is 5.56 Å². The molecule has 116 valence electrons. The van der Waals surface area contributed by atoms with Crippen molar-refractivity contribution in [1.82, 2.24) is 15.2 Å². The monoisotopic (exact) mass is 290 g/mol. The molecule has 0 aliphatic carbocycles. The van der Waals surface area contributed by atoms with E-state index in [9.17, 15) is 4.79 Å². The molecule has 5 nitrogen and oxygen atoms in total. The summed E-state index contributed by atoms with van der Waals surface area (Å²) < 4.78 is 0. The lowest BCUT2D eigenvalue weighted by molar-refractivity contribution is -0.129. The van der Waals surface area contributed by atoms with Gasteiger partial charge in [-0.15, -0.1) is 0 Å². The first-order chi connectivity index (χ1) is 9.87. The van der Waals surface area contributed by atoms with E-state index in [-0.39, 0.29) is 11.4 Å². The SMILES string of the molecule is CC(=O)N1CCN(c2ncccc2CNC(C)(C)C)CC1. The van der Waals surface area contributed by atoms with Crippen molar-refractivity contribution in [3.8, 4) is 0 Å². The van der Waals surface area contributed by atoms with Gasteiger partial charge >= 0.3 is 0 Å². The molecule has 0 unspecified atom stereocenters. The van der Waals surface area contributed by atoms with E-state index < -0.39 is 0 Å². The maximum absolute atomic E-state index is 11.4. The first kappa shape index (κ1) is 15.8. The molecule has 21 heavy (non-hydrogen) atoms. The normalized spacial score (nSPS) is 16.2.